The molecule has 3 aromatic rings. The van der Waals surface area contributed by atoms with Crippen LogP contribution in [0.2, 0.25) is 0 Å². The predicted octanol–water partition coefficient (Wildman–Crippen LogP) is 5.28. The molecule has 1 unspecified atom stereocenters. The molecule has 1 aliphatic rings. The van der Waals surface area contributed by atoms with Crippen LogP contribution in [-0.4, -0.2) is 43.3 Å². The number of rotatable bonds is 9. The first-order valence-electron chi connectivity index (χ1n) is 11.9. The van der Waals surface area contributed by atoms with Crippen molar-refractivity contribution in [2.45, 2.75) is 57.3 Å². The Morgan fingerprint density at radius 1 is 1.15 bits per heavy atom. The maximum absolute atomic E-state index is 13.0. The van der Waals surface area contributed by atoms with E-state index in [2.05, 4.69) is 46.8 Å². The fourth-order valence-corrected chi connectivity index (χ4v) is 5.99. The van der Waals surface area contributed by atoms with Gasteiger partial charge in [0, 0.05) is 12.2 Å². The van der Waals surface area contributed by atoms with Gasteiger partial charge in [0.25, 0.3) is 10.0 Å². The first-order chi connectivity index (χ1) is 15.9. The SMILES string of the molecule is CCC(CCCN1CC[C@H](C)[C@@H](C)C1)c1cccc(NS(=O)(=O)c2cccc3nonc23)c1. The van der Waals surface area contributed by atoms with Crippen molar-refractivity contribution in [1.82, 2.24) is 15.2 Å². The fourth-order valence-electron chi connectivity index (χ4n) is 4.78. The van der Waals surface area contributed by atoms with E-state index in [0.29, 0.717) is 17.1 Å². The van der Waals surface area contributed by atoms with Crippen LogP contribution < -0.4 is 4.72 Å². The lowest BCUT2D eigenvalue weighted by molar-refractivity contribution is 0.136. The van der Waals surface area contributed by atoms with Gasteiger partial charge in [-0.25, -0.2) is 13.0 Å². The Labute approximate surface area is 196 Å². The number of fused-ring (bicyclic) bond motifs is 1. The number of benzene rings is 2. The quantitative estimate of drug-likeness (QED) is 0.458. The molecule has 0 spiro atoms. The summed E-state index contributed by atoms with van der Waals surface area (Å²) in [7, 11) is -3.82. The van der Waals surface area contributed by atoms with Crippen LogP contribution in [0.15, 0.2) is 52.0 Å². The molecular weight excluding hydrogens is 436 g/mol. The summed E-state index contributed by atoms with van der Waals surface area (Å²) in [5.41, 5.74) is 2.36. The molecule has 1 N–H and O–H groups in total. The molecule has 0 bridgehead atoms. The number of sulfonamides is 1. The molecule has 0 radical (unpaired) electrons. The van der Waals surface area contributed by atoms with Crippen LogP contribution in [0.3, 0.4) is 0 Å². The molecular formula is C25H34N4O3S. The molecule has 0 saturated carbocycles. The Kier molecular flexibility index (Phi) is 7.34. The van der Waals surface area contributed by atoms with E-state index in [4.69, 9.17) is 4.63 Å². The molecule has 0 amide bonds. The van der Waals surface area contributed by atoms with Crippen LogP contribution in [0.5, 0.6) is 0 Å². The Morgan fingerprint density at radius 2 is 1.97 bits per heavy atom. The molecule has 178 valence electrons. The van der Waals surface area contributed by atoms with Crippen molar-refractivity contribution in [1.29, 1.82) is 0 Å². The van der Waals surface area contributed by atoms with E-state index in [1.54, 1.807) is 18.2 Å². The zero-order valence-electron chi connectivity index (χ0n) is 19.7. The summed E-state index contributed by atoms with van der Waals surface area (Å²) in [6.07, 6.45) is 4.56. The van der Waals surface area contributed by atoms with Crippen molar-refractivity contribution in [2.24, 2.45) is 11.8 Å². The number of nitrogens with zero attached hydrogens (tertiary/aromatic N) is 3. The second-order valence-electron chi connectivity index (χ2n) is 9.41. The number of piperidine rings is 1. The van der Waals surface area contributed by atoms with E-state index >= 15 is 0 Å². The van der Waals surface area contributed by atoms with Gasteiger partial charge in [-0.3, -0.25) is 4.72 Å². The van der Waals surface area contributed by atoms with E-state index in [-0.39, 0.29) is 10.4 Å². The zero-order valence-corrected chi connectivity index (χ0v) is 20.5. The van der Waals surface area contributed by atoms with Gasteiger partial charge in [-0.1, -0.05) is 39.0 Å². The molecule has 1 aromatic heterocycles. The van der Waals surface area contributed by atoms with Gasteiger partial charge in [-0.05, 0) is 96.7 Å². The molecule has 3 atom stereocenters. The highest BCUT2D eigenvalue weighted by molar-refractivity contribution is 7.93. The van der Waals surface area contributed by atoms with Crippen LogP contribution in [0.25, 0.3) is 11.0 Å². The molecule has 33 heavy (non-hydrogen) atoms. The van der Waals surface area contributed by atoms with Gasteiger partial charge >= 0.3 is 0 Å². The molecule has 1 aliphatic heterocycles. The van der Waals surface area contributed by atoms with Crippen molar-refractivity contribution < 1.29 is 13.0 Å². The van der Waals surface area contributed by atoms with Crippen molar-refractivity contribution in [2.75, 3.05) is 24.4 Å². The van der Waals surface area contributed by atoms with E-state index in [9.17, 15) is 8.42 Å². The molecule has 7 nitrogen and oxygen atoms in total. The van der Waals surface area contributed by atoms with E-state index < -0.39 is 10.0 Å². The first kappa shape index (κ1) is 23.7. The molecule has 4 rings (SSSR count). The van der Waals surface area contributed by atoms with Gasteiger partial charge < -0.3 is 4.90 Å². The van der Waals surface area contributed by atoms with Crippen molar-refractivity contribution in [3.05, 3.63) is 48.0 Å². The third-order valence-electron chi connectivity index (χ3n) is 7.09. The summed E-state index contributed by atoms with van der Waals surface area (Å²) in [6, 6.07) is 12.6. The Balaban J connectivity index is 1.41. The zero-order chi connectivity index (χ0) is 23.4. The number of hydrogen-bond acceptors (Lipinski definition) is 6. The van der Waals surface area contributed by atoms with E-state index in [1.807, 2.05) is 12.1 Å². The van der Waals surface area contributed by atoms with Crippen LogP contribution in [-0.2, 0) is 10.0 Å². The van der Waals surface area contributed by atoms with Gasteiger partial charge in [0.2, 0.25) is 0 Å². The smallest absolute Gasteiger partial charge is 0.264 e. The summed E-state index contributed by atoms with van der Waals surface area (Å²) >= 11 is 0. The van der Waals surface area contributed by atoms with Crippen LogP contribution >= 0.6 is 0 Å². The maximum Gasteiger partial charge on any atom is 0.264 e. The standard InChI is InChI=1S/C25H34N4O3S/c1-4-20(9-7-14-29-15-13-18(2)19(3)17-29)21-8-5-10-22(16-21)28-33(30,31)24-12-6-11-23-25(24)27-32-26-23/h5-6,8,10-12,16,18-20,28H,4,7,9,13-15,17H2,1-3H3/t18-,19-,20?/m0/s1. The van der Waals surface area contributed by atoms with E-state index in [0.717, 1.165) is 37.6 Å². The maximum atomic E-state index is 13.0. The Bertz CT molecular complexity index is 1180. The molecule has 2 heterocycles. The number of hydrogen-bond donors (Lipinski definition) is 1. The summed E-state index contributed by atoms with van der Waals surface area (Å²) < 4.78 is 33.5. The highest BCUT2D eigenvalue weighted by atomic mass is 32.2. The lowest BCUT2D eigenvalue weighted by atomic mass is 9.88. The lowest BCUT2D eigenvalue weighted by Gasteiger charge is -2.35. The van der Waals surface area contributed by atoms with E-state index in [1.165, 1.54) is 31.1 Å². The van der Waals surface area contributed by atoms with Gasteiger partial charge in [0.05, 0.1) is 0 Å². The van der Waals surface area contributed by atoms with Crippen molar-refractivity contribution in [3.63, 3.8) is 0 Å². The van der Waals surface area contributed by atoms with Crippen molar-refractivity contribution in [3.8, 4) is 0 Å². The van der Waals surface area contributed by atoms with Gasteiger partial charge in [-0.2, -0.15) is 0 Å². The molecule has 0 aliphatic carbocycles. The normalized spacial score (nSPS) is 20.7. The second kappa shape index (κ2) is 10.2. The fraction of sp³-hybridized carbons (Fsp3) is 0.520. The minimum absolute atomic E-state index is 0.0590. The van der Waals surface area contributed by atoms with Gasteiger partial charge in [0.15, 0.2) is 5.52 Å². The summed E-state index contributed by atoms with van der Waals surface area (Å²) in [5, 5.41) is 7.49. The third kappa shape index (κ3) is 5.55. The predicted molar refractivity (Wildman–Crippen MR) is 131 cm³/mol. The molecule has 8 heteroatoms. The van der Waals surface area contributed by atoms with Gasteiger partial charge in [0.1, 0.15) is 10.4 Å². The van der Waals surface area contributed by atoms with Gasteiger partial charge in [-0.15, -0.1) is 0 Å². The van der Waals surface area contributed by atoms with Crippen LogP contribution in [0, 0.1) is 11.8 Å². The minimum atomic E-state index is -3.82. The number of anilines is 1. The van der Waals surface area contributed by atoms with Crippen LogP contribution in [0.1, 0.15) is 57.9 Å². The summed E-state index contributed by atoms with van der Waals surface area (Å²) in [6.45, 7) is 10.5. The second-order valence-corrected chi connectivity index (χ2v) is 11.1. The highest BCUT2D eigenvalue weighted by Crippen LogP contribution is 2.29. The van der Waals surface area contributed by atoms with Crippen LogP contribution in [0.4, 0.5) is 5.69 Å². The first-order valence-corrected chi connectivity index (χ1v) is 13.4. The summed E-state index contributed by atoms with van der Waals surface area (Å²) in [5.74, 6) is 1.99. The Morgan fingerprint density at radius 3 is 2.76 bits per heavy atom. The largest absolute Gasteiger partial charge is 0.303 e. The van der Waals surface area contributed by atoms with Crippen molar-refractivity contribution >= 4 is 26.7 Å². The lowest BCUT2D eigenvalue weighted by Crippen LogP contribution is -2.38. The summed E-state index contributed by atoms with van der Waals surface area (Å²) in [4.78, 5) is 2.66. The minimum Gasteiger partial charge on any atom is -0.303 e. The monoisotopic (exact) mass is 470 g/mol. The Hall–Kier alpha value is -2.45. The highest BCUT2D eigenvalue weighted by Gasteiger charge is 2.23. The third-order valence-corrected chi connectivity index (χ3v) is 8.50. The number of aromatic nitrogens is 2. The molecule has 1 fully saturated rings. The number of likely N-dealkylation sites (tertiary alicyclic amines) is 1. The topological polar surface area (TPSA) is 88.3 Å². The molecule has 2 aromatic carbocycles. The average Bonchev–Trinajstić information content (AvgIpc) is 3.28. The molecule has 1 saturated heterocycles. The average molecular weight is 471 g/mol. The number of nitrogens with one attached hydrogen (secondary N) is 1.